The number of carboxylic acid groups (broad SMARTS) is 1. The maximum Gasteiger partial charge on any atom is 0.305 e. The average molecular weight is 1730 g/mol. The van der Waals surface area contributed by atoms with Gasteiger partial charge in [0.2, 0.25) is 82.7 Å². The lowest BCUT2D eigenvalue weighted by atomic mass is 10.0. The molecule has 0 fully saturated rings. The highest BCUT2D eigenvalue weighted by Crippen LogP contribution is 2.09. The predicted molar refractivity (Wildman–Crippen MR) is 426 cm³/mol. The second kappa shape index (κ2) is 69.1. The molecule has 1 rings (SSSR count). The number of aliphatic carboxylic acids is 1. The van der Waals surface area contributed by atoms with E-state index in [1.54, 1.807) is 37.3 Å². The van der Waals surface area contributed by atoms with Crippen LogP contribution in [0.3, 0.4) is 0 Å². The van der Waals surface area contributed by atoms with Crippen LogP contribution in [0.2, 0.25) is 0 Å². The van der Waals surface area contributed by atoms with Crippen LogP contribution in [0.25, 0.3) is 0 Å². The highest BCUT2D eigenvalue weighted by molar-refractivity contribution is 7.81. The first-order valence-electron chi connectivity index (χ1n) is 37.5. The summed E-state index contributed by atoms with van der Waals surface area (Å²) >= 11 is 12.4. The minimum absolute atomic E-state index is 0.00635. The van der Waals surface area contributed by atoms with Crippen molar-refractivity contribution < 1.29 is 129 Å². The van der Waals surface area contributed by atoms with E-state index >= 15 is 0 Å². The Morgan fingerprint density at radius 1 is 0.376 bits per heavy atom. The molecule has 22 N–H and O–H groups in total. The van der Waals surface area contributed by atoms with Crippen molar-refractivity contribution in [2.75, 3.05) is 202 Å². The smallest absolute Gasteiger partial charge is 0.305 e. The van der Waals surface area contributed by atoms with Gasteiger partial charge in [0, 0.05) is 57.2 Å². The van der Waals surface area contributed by atoms with Gasteiger partial charge in [-0.05, 0) is 44.1 Å². The number of benzene rings is 1. The lowest BCUT2D eigenvalue weighted by Gasteiger charge is -2.26. The van der Waals surface area contributed by atoms with Crippen molar-refractivity contribution in [2.45, 2.75) is 101 Å². The van der Waals surface area contributed by atoms with E-state index in [1.165, 1.54) is 0 Å². The van der Waals surface area contributed by atoms with Gasteiger partial charge in [-0.25, -0.2) is 5.90 Å². The number of guanidine groups is 1. The zero-order valence-corrected chi connectivity index (χ0v) is 68.3. The number of amides is 14. The van der Waals surface area contributed by atoms with Crippen molar-refractivity contribution >= 4 is 133 Å². The third-order valence-electron chi connectivity index (χ3n) is 15.3. The zero-order chi connectivity index (χ0) is 86.6. The van der Waals surface area contributed by atoms with E-state index in [-0.39, 0.29) is 161 Å². The number of unbranched alkanes of at least 4 members (excludes halogenated alkanes) is 1. The molecule has 0 heterocycles. The Labute approximate surface area is 694 Å². The van der Waals surface area contributed by atoms with Crippen LogP contribution >= 0.6 is 37.9 Å². The van der Waals surface area contributed by atoms with Crippen LogP contribution in [0.4, 0.5) is 0 Å². The largest absolute Gasteiger partial charge is 0.481 e. The lowest BCUT2D eigenvalue weighted by Crippen LogP contribution is -2.60. The molecule has 1 aromatic carbocycles. The standard InChI is InChI=1S/C69H118N18O27S3/c1-2-47(62(97)78-18-22-107-26-30-108-27-23-104-19-15-75-57(91)39-112-38-54(70)88)83-65(100)50(35-46-9-4-3-5-10-46)85-68(103)53(44-116)87-66(101)51(36-61(95)96)82-55(89)37-80-63(98)48(12-8-14-79-69(71)72)84-67(102)52(43-115)86-64(99)49(81-60(94)45-117)11-6-7-13-74-56(90)40-113-41-58(92)76-16-20-105-24-28-109-31-33-111-34-32-110-29-25-106-21-17-77-59(93)42-114-73/h3-5,9-10,47-53,115-117H,2,6-8,11-45,73H2,1H3,(H2,70,88)(H,74,90)(H,75,91)(H,76,92)(H,77,93)(H,78,97)(H,80,98)(H,81,94)(H,82,89)(H,83,100)(H,84,102)(H,85,103)(H,86,99)(H,87,101)(H,95,96)(H4,71,72,79)/t47-,48-,49-,50-,51-,52-,53-/m0/s1. The van der Waals surface area contributed by atoms with Crippen molar-refractivity contribution in [3.05, 3.63) is 35.9 Å². The fourth-order valence-electron chi connectivity index (χ4n) is 9.53. The highest BCUT2D eigenvalue weighted by Gasteiger charge is 2.34. The van der Waals surface area contributed by atoms with Gasteiger partial charge in [-0.3, -0.25) is 82.2 Å². The lowest BCUT2D eigenvalue weighted by molar-refractivity contribution is -0.141. The molecule has 0 saturated carbocycles. The van der Waals surface area contributed by atoms with Gasteiger partial charge < -0.3 is 138 Å². The van der Waals surface area contributed by atoms with Crippen molar-refractivity contribution in [1.82, 2.24) is 74.4 Å². The minimum Gasteiger partial charge on any atom is -0.481 e. The number of primary amides is 1. The average Bonchev–Trinajstić information content (AvgIpc) is 0.864. The normalized spacial score (nSPS) is 12.7. The van der Waals surface area contributed by atoms with Gasteiger partial charge in [0.25, 0.3) is 0 Å². The van der Waals surface area contributed by atoms with Crippen molar-refractivity contribution in [1.29, 1.82) is 5.41 Å². The van der Waals surface area contributed by atoms with Gasteiger partial charge in [-0.2, -0.15) is 37.9 Å². The van der Waals surface area contributed by atoms with Crippen molar-refractivity contribution in [3.8, 4) is 0 Å². The second-order valence-corrected chi connectivity index (χ2v) is 25.9. The summed E-state index contributed by atoms with van der Waals surface area (Å²) in [5.74, 6) is -8.76. The Balaban J connectivity index is 2.76. The molecule has 48 heteroatoms. The number of ether oxygens (including phenoxy) is 10. The van der Waals surface area contributed by atoms with Crippen molar-refractivity contribution in [2.24, 2.45) is 17.4 Å². The topological polar surface area (TPSA) is 648 Å². The molecular formula is C69H118N18O27S3. The Morgan fingerprint density at radius 2 is 0.744 bits per heavy atom. The van der Waals surface area contributed by atoms with Crippen LogP contribution in [-0.2, 0) is 131 Å². The summed E-state index contributed by atoms with van der Waals surface area (Å²) in [4.78, 5) is 197. The summed E-state index contributed by atoms with van der Waals surface area (Å²) in [5, 5.41) is 52.5. The fraction of sp³-hybridized carbons (Fsp3) is 0.681. The number of carbonyl (C=O) groups excluding carboxylic acids is 14. The molecule has 45 nitrogen and oxygen atoms in total. The summed E-state index contributed by atoms with van der Waals surface area (Å²) in [7, 11) is 0. The molecular weight excluding hydrogens is 1610 g/mol. The van der Waals surface area contributed by atoms with E-state index in [1.807, 2.05) is 0 Å². The van der Waals surface area contributed by atoms with E-state index in [2.05, 4.69) is 117 Å². The maximum absolute atomic E-state index is 14.0. The van der Waals surface area contributed by atoms with Gasteiger partial charge in [-0.15, -0.1) is 0 Å². The molecule has 1 aromatic rings. The van der Waals surface area contributed by atoms with Crippen LogP contribution in [0.5, 0.6) is 0 Å². The van der Waals surface area contributed by atoms with Gasteiger partial charge in [0.15, 0.2) is 5.96 Å². The van der Waals surface area contributed by atoms with Gasteiger partial charge in [-0.1, -0.05) is 37.3 Å². The first-order chi connectivity index (χ1) is 56.3. The van der Waals surface area contributed by atoms with Crippen LogP contribution in [-0.4, -0.2) is 344 Å². The number of hydrogen-bond acceptors (Lipinski definition) is 31. The highest BCUT2D eigenvalue weighted by atomic mass is 32.1. The SMILES string of the molecule is CC[C@H](NC(=O)[C@H](Cc1ccccc1)NC(=O)[C@H](CS)NC(=O)[C@H](CC(=O)O)NC(=O)CNC(=O)[C@H](CCCNC(=N)N)NC(=O)[C@H](CS)NC(=O)[C@H](CCCCNC(=O)COCC(=O)NCCOCCOCCOCCOCCOCCNC(=O)CON)NC(=O)CS)C(=O)NCCOCCOCCOCCNC(=O)COCC(N)=O. The Bertz CT molecular complexity index is 3130. The van der Waals surface area contributed by atoms with E-state index < -0.39 is 163 Å². The quantitative estimate of drug-likeness (QED) is 0.00947. The summed E-state index contributed by atoms with van der Waals surface area (Å²) < 4.78 is 53.4. The molecule has 0 aromatic heterocycles. The summed E-state index contributed by atoms with van der Waals surface area (Å²) in [6.07, 6.45) is -0.550. The number of nitrogens with one attached hydrogen (secondary N) is 15. The molecule has 664 valence electrons. The van der Waals surface area contributed by atoms with Gasteiger partial charge in [0.1, 0.15) is 75.3 Å². The van der Waals surface area contributed by atoms with E-state index in [9.17, 15) is 77.0 Å². The maximum atomic E-state index is 14.0. The number of hydrogen-bond donors (Lipinski definition) is 22. The molecule has 0 aliphatic heterocycles. The zero-order valence-electron chi connectivity index (χ0n) is 65.6. The molecule has 117 heavy (non-hydrogen) atoms. The van der Waals surface area contributed by atoms with E-state index in [4.69, 9.17) is 70.1 Å². The Hall–Kier alpha value is -8.89. The van der Waals surface area contributed by atoms with Crippen LogP contribution in [0.15, 0.2) is 30.3 Å². The number of nitrogens with two attached hydrogens (primary N) is 3. The summed E-state index contributed by atoms with van der Waals surface area (Å²) in [5.41, 5.74) is 11.0. The predicted octanol–water partition coefficient (Wildman–Crippen LogP) is -9.03. The first kappa shape index (κ1) is 106. The van der Waals surface area contributed by atoms with Crippen LogP contribution < -0.4 is 91.8 Å². The van der Waals surface area contributed by atoms with Crippen molar-refractivity contribution in [3.63, 3.8) is 0 Å². The number of rotatable bonds is 73. The summed E-state index contributed by atoms with van der Waals surface area (Å²) in [6.45, 7) is 4.11. The van der Waals surface area contributed by atoms with Crippen LogP contribution in [0.1, 0.15) is 57.4 Å². The fourth-order valence-corrected chi connectivity index (χ4v) is 10.1. The number of carbonyl (C=O) groups is 15. The molecule has 0 aliphatic carbocycles. The van der Waals surface area contributed by atoms with Crippen LogP contribution in [0, 0.1) is 5.41 Å². The van der Waals surface area contributed by atoms with E-state index in [0.29, 0.717) is 71.4 Å². The molecule has 0 spiro atoms. The molecule has 0 aliphatic rings. The molecule has 0 bridgehead atoms. The molecule has 14 amide bonds. The first-order valence-corrected chi connectivity index (χ1v) is 39.4. The number of carboxylic acids is 1. The van der Waals surface area contributed by atoms with Gasteiger partial charge >= 0.3 is 5.97 Å². The number of thiol groups is 3. The molecule has 7 atom stereocenters. The second-order valence-electron chi connectivity index (χ2n) is 24.8. The molecule has 0 unspecified atom stereocenters. The monoisotopic (exact) mass is 1730 g/mol. The molecule has 0 saturated heterocycles. The molecule has 0 radical (unpaired) electrons. The minimum atomic E-state index is -1.88. The summed E-state index contributed by atoms with van der Waals surface area (Å²) in [6, 6.07) is -1.56. The third kappa shape index (κ3) is 57.0. The van der Waals surface area contributed by atoms with Gasteiger partial charge in [0.05, 0.1) is 124 Å². The third-order valence-corrected chi connectivity index (χ3v) is 16.4. The Morgan fingerprint density at radius 3 is 1.19 bits per heavy atom. The van der Waals surface area contributed by atoms with E-state index in [0.717, 1.165) is 0 Å². The Kier molecular flexibility index (Phi) is 62.7.